The lowest BCUT2D eigenvalue weighted by Crippen LogP contribution is -2.30. The largest absolute Gasteiger partial charge is 0.481 e. The van der Waals surface area contributed by atoms with Crippen molar-refractivity contribution >= 4 is 27.6 Å². The van der Waals surface area contributed by atoms with Gasteiger partial charge in [0, 0.05) is 26.1 Å². The first-order valence-electron chi connectivity index (χ1n) is 8.22. The van der Waals surface area contributed by atoms with E-state index in [1.165, 1.54) is 28.5 Å². The number of carboxylic acid groups (broad SMARTS) is 1. The molecule has 10 nitrogen and oxygen atoms in total. The third kappa shape index (κ3) is 4.67. The van der Waals surface area contributed by atoms with Gasteiger partial charge in [0.1, 0.15) is 11.6 Å². The van der Waals surface area contributed by atoms with Crippen LogP contribution in [0.15, 0.2) is 29.1 Å². The van der Waals surface area contributed by atoms with Gasteiger partial charge in [-0.1, -0.05) is 0 Å². The standard InChI is InChI=1S/C17H21N3O7S/c1-11-16(18(2)10-28(25,26)27)17(24)20(19(11)3)13-6-4-12(5-7-13)14(21)8-9-15(22)23/h4-7H,8-10H2,1-3H3,(H,22,23)(H,25,26,27). The summed E-state index contributed by atoms with van der Waals surface area (Å²) in [6.45, 7) is 1.64. The quantitative estimate of drug-likeness (QED) is 0.481. The van der Waals surface area contributed by atoms with Crippen molar-refractivity contribution < 1.29 is 27.7 Å². The number of carbonyl (C=O) groups excluding carboxylic acids is 1. The molecule has 0 atom stereocenters. The van der Waals surface area contributed by atoms with Crippen LogP contribution in [0.5, 0.6) is 0 Å². The maximum Gasteiger partial charge on any atom is 0.303 e. The molecular weight excluding hydrogens is 390 g/mol. The zero-order valence-electron chi connectivity index (χ0n) is 15.6. The molecule has 1 heterocycles. The Morgan fingerprint density at radius 3 is 2.21 bits per heavy atom. The molecule has 0 saturated heterocycles. The maximum absolute atomic E-state index is 12.8. The van der Waals surface area contributed by atoms with E-state index in [9.17, 15) is 22.8 Å². The molecule has 0 aliphatic carbocycles. The molecule has 0 aliphatic rings. The minimum absolute atomic E-state index is 0.113. The molecule has 0 saturated carbocycles. The van der Waals surface area contributed by atoms with Gasteiger partial charge in [0.05, 0.1) is 17.8 Å². The van der Waals surface area contributed by atoms with Crippen LogP contribution in [-0.2, 0) is 22.0 Å². The highest BCUT2D eigenvalue weighted by Crippen LogP contribution is 2.18. The number of aromatic nitrogens is 2. The highest BCUT2D eigenvalue weighted by Gasteiger charge is 2.22. The number of nitrogens with zero attached hydrogens (tertiary/aromatic N) is 3. The fourth-order valence-electron chi connectivity index (χ4n) is 2.89. The Morgan fingerprint density at radius 1 is 1.14 bits per heavy atom. The third-order valence-corrected chi connectivity index (χ3v) is 4.97. The van der Waals surface area contributed by atoms with Gasteiger partial charge in [-0.2, -0.15) is 8.42 Å². The van der Waals surface area contributed by atoms with Crippen LogP contribution in [-0.4, -0.2) is 52.1 Å². The smallest absolute Gasteiger partial charge is 0.303 e. The molecule has 2 aromatic rings. The van der Waals surface area contributed by atoms with Gasteiger partial charge in [0.2, 0.25) is 0 Å². The summed E-state index contributed by atoms with van der Waals surface area (Å²) in [5, 5.41) is 8.66. The first-order valence-corrected chi connectivity index (χ1v) is 9.83. The number of ketones is 1. The second-order valence-corrected chi connectivity index (χ2v) is 7.77. The van der Waals surface area contributed by atoms with Crippen LogP contribution in [0.1, 0.15) is 28.9 Å². The van der Waals surface area contributed by atoms with Gasteiger partial charge in [-0.25, -0.2) is 4.68 Å². The Balaban J connectivity index is 2.38. The molecule has 0 bridgehead atoms. The molecule has 2 N–H and O–H groups in total. The van der Waals surface area contributed by atoms with E-state index in [0.717, 1.165) is 4.90 Å². The second-order valence-electron chi connectivity index (χ2n) is 6.35. The average molecular weight is 411 g/mol. The van der Waals surface area contributed by atoms with Crippen LogP contribution in [0.25, 0.3) is 5.69 Å². The van der Waals surface area contributed by atoms with Crippen molar-refractivity contribution in [2.45, 2.75) is 19.8 Å². The fraction of sp³-hybridized carbons (Fsp3) is 0.353. The van der Waals surface area contributed by atoms with E-state index in [1.807, 2.05) is 0 Å². The number of benzene rings is 1. The van der Waals surface area contributed by atoms with Gasteiger partial charge < -0.3 is 10.0 Å². The Kier molecular flexibility index (Phi) is 6.10. The number of anilines is 1. The third-order valence-electron chi connectivity index (χ3n) is 4.26. The Bertz CT molecular complexity index is 1070. The molecule has 2 rings (SSSR count). The van der Waals surface area contributed by atoms with Crippen molar-refractivity contribution in [3.8, 4) is 5.69 Å². The first kappa shape index (κ1) is 21.4. The zero-order valence-corrected chi connectivity index (χ0v) is 16.4. The van der Waals surface area contributed by atoms with Crippen molar-refractivity contribution in [2.75, 3.05) is 17.8 Å². The first-order chi connectivity index (χ1) is 12.9. The zero-order chi connectivity index (χ0) is 21.2. The molecule has 0 unspecified atom stereocenters. The summed E-state index contributed by atoms with van der Waals surface area (Å²) in [6, 6.07) is 6.08. The molecule has 0 radical (unpaired) electrons. The Hall–Kier alpha value is -2.92. The second kappa shape index (κ2) is 7.98. The van der Waals surface area contributed by atoms with Crippen molar-refractivity contribution in [1.82, 2.24) is 9.36 Å². The number of carboxylic acids is 1. The van der Waals surface area contributed by atoms with Crippen LogP contribution < -0.4 is 10.5 Å². The summed E-state index contributed by atoms with van der Waals surface area (Å²) in [5.74, 6) is -2.11. The van der Waals surface area contributed by atoms with Crippen LogP contribution in [0.4, 0.5) is 5.69 Å². The summed E-state index contributed by atoms with van der Waals surface area (Å²) in [4.78, 5) is 36.5. The summed E-state index contributed by atoms with van der Waals surface area (Å²) < 4.78 is 34.1. The Morgan fingerprint density at radius 2 is 1.71 bits per heavy atom. The van der Waals surface area contributed by atoms with E-state index in [4.69, 9.17) is 9.66 Å². The fourth-order valence-corrected chi connectivity index (χ4v) is 3.51. The lowest BCUT2D eigenvalue weighted by Gasteiger charge is -2.15. The van der Waals surface area contributed by atoms with Crippen molar-refractivity contribution in [1.29, 1.82) is 0 Å². The van der Waals surface area contributed by atoms with Crippen LogP contribution in [0.3, 0.4) is 0 Å². The van der Waals surface area contributed by atoms with Crippen LogP contribution in [0, 0.1) is 6.92 Å². The summed E-state index contributed by atoms with van der Waals surface area (Å²) in [7, 11) is -1.31. The van der Waals surface area contributed by atoms with E-state index >= 15 is 0 Å². The number of carbonyl (C=O) groups is 2. The predicted molar refractivity (Wildman–Crippen MR) is 102 cm³/mol. The summed E-state index contributed by atoms with van der Waals surface area (Å²) in [5.41, 5.74) is 0.875. The van der Waals surface area contributed by atoms with Gasteiger partial charge in [-0.05, 0) is 31.2 Å². The highest BCUT2D eigenvalue weighted by atomic mass is 32.2. The molecular formula is C17H21N3O7S. The monoisotopic (exact) mass is 411 g/mol. The molecule has 0 aliphatic heterocycles. The van der Waals surface area contributed by atoms with Crippen LogP contribution in [0.2, 0.25) is 0 Å². The number of Topliss-reactive ketones (excluding diaryl/α,β-unsaturated/α-hetero) is 1. The van der Waals surface area contributed by atoms with Gasteiger partial charge in [-0.15, -0.1) is 0 Å². The van der Waals surface area contributed by atoms with Crippen molar-refractivity contribution in [2.24, 2.45) is 7.05 Å². The number of rotatable bonds is 8. The van der Waals surface area contributed by atoms with E-state index in [-0.39, 0.29) is 24.3 Å². The van der Waals surface area contributed by atoms with Crippen molar-refractivity contribution in [3.05, 3.63) is 45.9 Å². The van der Waals surface area contributed by atoms with Gasteiger partial charge in [0.15, 0.2) is 5.78 Å². The van der Waals surface area contributed by atoms with E-state index in [1.54, 1.807) is 26.1 Å². The topological polar surface area (TPSA) is 139 Å². The molecule has 0 spiro atoms. The molecule has 28 heavy (non-hydrogen) atoms. The molecule has 11 heteroatoms. The minimum Gasteiger partial charge on any atom is -0.481 e. The lowest BCUT2D eigenvalue weighted by molar-refractivity contribution is -0.136. The molecule has 1 aromatic carbocycles. The number of hydrogen-bond donors (Lipinski definition) is 2. The normalized spacial score (nSPS) is 11.4. The van der Waals surface area contributed by atoms with E-state index < -0.39 is 27.5 Å². The number of aliphatic carboxylic acids is 1. The summed E-state index contributed by atoms with van der Waals surface area (Å²) >= 11 is 0. The lowest BCUT2D eigenvalue weighted by atomic mass is 10.1. The molecule has 0 fully saturated rings. The van der Waals surface area contributed by atoms with E-state index in [0.29, 0.717) is 16.9 Å². The maximum atomic E-state index is 12.8. The van der Waals surface area contributed by atoms with E-state index in [2.05, 4.69) is 0 Å². The van der Waals surface area contributed by atoms with Gasteiger partial charge in [0.25, 0.3) is 15.7 Å². The molecule has 1 aromatic heterocycles. The number of hydrogen-bond acceptors (Lipinski definition) is 6. The SMILES string of the molecule is Cc1c(N(C)CS(=O)(=O)O)c(=O)n(-c2ccc(C(=O)CCC(=O)O)cc2)n1C. The van der Waals surface area contributed by atoms with Gasteiger partial charge >= 0.3 is 5.97 Å². The summed E-state index contributed by atoms with van der Waals surface area (Å²) in [6.07, 6.45) is -0.386. The Labute approximate surface area is 161 Å². The molecule has 152 valence electrons. The van der Waals surface area contributed by atoms with Crippen LogP contribution >= 0.6 is 0 Å². The minimum atomic E-state index is -4.31. The highest BCUT2D eigenvalue weighted by molar-refractivity contribution is 7.85. The average Bonchev–Trinajstić information content (AvgIpc) is 2.80. The van der Waals surface area contributed by atoms with Gasteiger partial charge in [-0.3, -0.25) is 23.6 Å². The molecule has 0 amide bonds. The van der Waals surface area contributed by atoms with Crippen molar-refractivity contribution in [3.63, 3.8) is 0 Å². The predicted octanol–water partition coefficient (Wildman–Crippen LogP) is 0.813.